The molecule has 0 aliphatic heterocycles. The zero-order chi connectivity index (χ0) is 18.2. The van der Waals surface area contributed by atoms with Crippen molar-refractivity contribution in [3.05, 3.63) is 34.3 Å². The summed E-state index contributed by atoms with van der Waals surface area (Å²) in [6.45, 7) is 5.31. The van der Waals surface area contributed by atoms with Crippen LogP contribution in [-0.4, -0.2) is 31.2 Å². The standard InChI is InChI=1S/C16H23BrNO5P/c1-15(2,3)23-14(19)18-16(24(20,21-4)22-5)10-13(16)11-6-8-12(17)9-7-11/h6-9,13H,10H2,1-5H3,(H,18,19)/t13-,16-/m1/s1. The molecule has 1 aliphatic rings. The summed E-state index contributed by atoms with van der Waals surface area (Å²) in [6, 6.07) is 7.64. The van der Waals surface area contributed by atoms with Crippen molar-refractivity contribution in [3.8, 4) is 0 Å². The lowest BCUT2D eigenvalue weighted by Crippen LogP contribution is -2.42. The van der Waals surface area contributed by atoms with Crippen molar-refractivity contribution in [1.29, 1.82) is 0 Å². The van der Waals surface area contributed by atoms with E-state index in [1.165, 1.54) is 14.2 Å². The first-order valence-corrected chi connectivity index (χ1v) is 9.89. The SMILES string of the molecule is COP(=O)(OC)[C@]1(NC(=O)OC(C)(C)C)C[C@@H]1c1ccc(Br)cc1. The van der Waals surface area contributed by atoms with Crippen molar-refractivity contribution in [2.45, 2.75) is 44.0 Å². The van der Waals surface area contributed by atoms with Crippen LogP contribution in [0.25, 0.3) is 0 Å². The monoisotopic (exact) mass is 419 g/mol. The molecule has 1 saturated carbocycles. The normalized spacial score (nSPS) is 23.7. The first-order chi connectivity index (χ1) is 11.1. The van der Waals surface area contributed by atoms with Crippen molar-refractivity contribution in [3.63, 3.8) is 0 Å². The van der Waals surface area contributed by atoms with Gasteiger partial charge in [0.15, 0.2) is 5.28 Å². The Kier molecular flexibility index (Phi) is 5.50. The third-order valence-electron chi connectivity index (χ3n) is 3.89. The lowest BCUT2D eigenvalue weighted by molar-refractivity contribution is 0.0504. The third kappa shape index (κ3) is 3.85. The number of hydrogen-bond donors (Lipinski definition) is 1. The zero-order valence-corrected chi connectivity index (χ0v) is 16.9. The molecule has 1 N–H and O–H groups in total. The number of carbonyl (C=O) groups is 1. The molecule has 0 spiro atoms. The van der Waals surface area contributed by atoms with E-state index in [4.69, 9.17) is 13.8 Å². The number of ether oxygens (including phenoxy) is 1. The smallest absolute Gasteiger partial charge is 0.408 e. The van der Waals surface area contributed by atoms with Gasteiger partial charge in [-0.3, -0.25) is 4.57 Å². The number of alkyl carbamates (subject to hydrolysis) is 1. The van der Waals surface area contributed by atoms with Gasteiger partial charge in [-0.25, -0.2) is 4.79 Å². The summed E-state index contributed by atoms with van der Waals surface area (Å²) in [6.07, 6.45) is -0.191. The molecule has 1 amide bonds. The number of carbonyl (C=O) groups excluding carboxylic acids is 1. The molecule has 2 rings (SSSR count). The van der Waals surface area contributed by atoms with E-state index in [-0.39, 0.29) is 5.92 Å². The van der Waals surface area contributed by atoms with Crippen molar-refractivity contribution >= 4 is 29.6 Å². The van der Waals surface area contributed by atoms with Crippen LogP contribution in [0, 0.1) is 0 Å². The maximum absolute atomic E-state index is 13.1. The predicted octanol–water partition coefficient (Wildman–Crippen LogP) is 4.64. The Hall–Kier alpha value is -0.880. The average Bonchev–Trinajstić information content (AvgIpc) is 3.20. The second-order valence-electron chi connectivity index (χ2n) is 6.72. The van der Waals surface area contributed by atoms with E-state index in [2.05, 4.69) is 21.2 Å². The van der Waals surface area contributed by atoms with Gasteiger partial charge in [0.05, 0.1) is 0 Å². The highest BCUT2D eigenvalue weighted by molar-refractivity contribution is 9.10. The number of hydrogen-bond acceptors (Lipinski definition) is 5. The average molecular weight is 420 g/mol. The highest BCUT2D eigenvalue weighted by atomic mass is 79.9. The highest BCUT2D eigenvalue weighted by Gasteiger charge is 2.69. The fourth-order valence-electron chi connectivity index (χ4n) is 2.73. The summed E-state index contributed by atoms with van der Waals surface area (Å²) in [5.74, 6) is -0.177. The molecular formula is C16H23BrNO5P. The quantitative estimate of drug-likeness (QED) is 0.703. The molecule has 24 heavy (non-hydrogen) atoms. The summed E-state index contributed by atoms with van der Waals surface area (Å²) in [4.78, 5) is 12.3. The molecule has 0 aromatic heterocycles. The first-order valence-electron chi connectivity index (χ1n) is 7.55. The van der Waals surface area contributed by atoms with Gasteiger partial charge in [0.1, 0.15) is 5.60 Å². The fourth-order valence-corrected chi connectivity index (χ4v) is 4.96. The molecule has 0 heterocycles. The molecule has 134 valence electrons. The van der Waals surface area contributed by atoms with Crippen molar-refractivity contribution in [1.82, 2.24) is 5.32 Å². The van der Waals surface area contributed by atoms with Gasteiger partial charge in [-0.05, 0) is 44.9 Å². The van der Waals surface area contributed by atoms with Gasteiger partial charge in [-0.2, -0.15) is 0 Å². The second kappa shape index (κ2) is 6.79. The molecule has 1 aliphatic carbocycles. The highest BCUT2D eigenvalue weighted by Crippen LogP contribution is 2.75. The topological polar surface area (TPSA) is 73.9 Å². The third-order valence-corrected chi connectivity index (χ3v) is 6.96. The minimum Gasteiger partial charge on any atom is -0.444 e. The molecule has 0 radical (unpaired) electrons. The van der Waals surface area contributed by atoms with Gasteiger partial charge < -0.3 is 19.1 Å². The Labute approximate surface area is 150 Å². The number of amides is 1. The lowest BCUT2D eigenvalue weighted by atomic mass is 10.1. The Bertz CT molecular complexity index is 649. The van der Waals surface area contributed by atoms with Gasteiger partial charge in [-0.15, -0.1) is 0 Å². The van der Waals surface area contributed by atoms with E-state index in [1.54, 1.807) is 20.8 Å². The Morgan fingerprint density at radius 2 is 1.79 bits per heavy atom. The molecule has 0 unspecified atom stereocenters. The maximum atomic E-state index is 13.1. The van der Waals surface area contributed by atoms with Crippen LogP contribution in [0.4, 0.5) is 4.79 Å². The molecule has 8 heteroatoms. The Morgan fingerprint density at radius 1 is 1.25 bits per heavy atom. The summed E-state index contributed by atoms with van der Waals surface area (Å²) in [7, 11) is -0.911. The molecular weight excluding hydrogens is 397 g/mol. The van der Waals surface area contributed by atoms with E-state index < -0.39 is 24.6 Å². The summed E-state index contributed by atoms with van der Waals surface area (Å²) >= 11 is 3.39. The number of nitrogens with one attached hydrogen (secondary N) is 1. The van der Waals surface area contributed by atoms with E-state index in [0.717, 1.165) is 10.0 Å². The van der Waals surface area contributed by atoms with Gasteiger partial charge in [0.2, 0.25) is 0 Å². The number of benzene rings is 1. The number of halogens is 1. The Balaban J connectivity index is 2.30. The van der Waals surface area contributed by atoms with E-state index >= 15 is 0 Å². The molecule has 0 saturated heterocycles. The molecule has 1 aromatic rings. The molecule has 6 nitrogen and oxygen atoms in total. The molecule has 0 bridgehead atoms. The first kappa shape index (κ1) is 19.4. The molecule has 1 fully saturated rings. The van der Waals surface area contributed by atoms with Gasteiger partial charge in [0, 0.05) is 24.6 Å². The lowest BCUT2D eigenvalue weighted by Gasteiger charge is -2.28. The largest absolute Gasteiger partial charge is 0.444 e. The Morgan fingerprint density at radius 3 is 2.25 bits per heavy atom. The minimum atomic E-state index is -3.55. The van der Waals surface area contributed by atoms with Gasteiger partial charge in [-0.1, -0.05) is 28.1 Å². The van der Waals surface area contributed by atoms with Crippen LogP contribution >= 0.6 is 23.5 Å². The van der Waals surface area contributed by atoms with Crippen molar-refractivity contribution < 1.29 is 23.1 Å². The van der Waals surface area contributed by atoms with E-state index in [9.17, 15) is 9.36 Å². The summed E-state index contributed by atoms with van der Waals surface area (Å²) < 4.78 is 29.7. The van der Waals surface area contributed by atoms with Crippen LogP contribution < -0.4 is 5.32 Å². The molecule has 1 aromatic carbocycles. The van der Waals surface area contributed by atoms with Crippen molar-refractivity contribution in [2.75, 3.05) is 14.2 Å². The maximum Gasteiger partial charge on any atom is 0.408 e. The number of rotatable bonds is 5. The van der Waals surface area contributed by atoms with Gasteiger partial charge in [0.25, 0.3) is 0 Å². The van der Waals surface area contributed by atoms with Crippen molar-refractivity contribution in [2.24, 2.45) is 0 Å². The van der Waals surface area contributed by atoms with Crippen LogP contribution in [-0.2, 0) is 18.3 Å². The zero-order valence-electron chi connectivity index (χ0n) is 14.5. The summed E-state index contributed by atoms with van der Waals surface area (Å²) in [5, 5.41) is 1.63. The van der Waals surface area contributed by atoms with E-state index in [0.29, 0.717) is 6.42 Å². The van der Waals surface area contributed by atoms with Crippen LogP contribution in [0.5, 0.6) is 0 Å². The summed E-state index contributed by atoms with van der Waals surface area (Å²) in [5.41, 5.74) is 0.292. The molecule has 2 atom stereocenters. The van der Waals surface area contributed by atoms with Gasteiger partial charge >= 0.3 is 13.7 Å². The second-order valence-corrected chi connectivity index (χ2v) is 10.2. The predicted molar refractivity (Wildman–Crippen MR) is 95.2 cm³/mol. The minimum absolute atomic E-state index is 0.177. The van der Waals surface area contributed by atoms with Crippen LogP contribution in [0.3, 0.4) is 0 Å². The van der Waals surface area contributed by atoms with Crippen LogP contribution in [0.1, 0.15) is 38.7 Å². The van der Waals surface area contributed by atoms with Crippen LogP contribution in [0.15, 0.2) is 28.7 Å². The van der Waals surface area contributed by atoms with E-state index in [1.807, 2.05) is 24.3 Å². The van der Waals surface area contributed by atoms with Crippen LogP contribution in [0.2, 0.25) is 0 Å². The fraction of sp³-hybridized carbons (Fsp3) is 0.562.